The molecule has 4 unspecified atom stereocenters. The van der Waals surface area contributed by atoms with Gasteiger partial charge in [0, 0.05) is 17.6 Å². The van der Waals surface area contributed by atoms with Crippen LogP contribution in [-0.4, -0.2) is 57.7 Å². The number of imide groups is 1. The predicted octanol–water partition coefficient (Wildman–Crippen LogP) is 2.18. The van der Waals surface area contributed by atoms with Gasteiger partial charge in [0.15, 0.2) is 0 Å². The van der Waals surface area contributed by atoms with Gasteiger partial charge < -0.3 is 9.84 Å². The fraction of sp³-hybridized carbons (Fsp3) is 0.450. The number of rotatable bonds is 3. The minimum Gasteiger partial charge on any atom is -0.443 e. The smallest absolute Gasteiger partial charge is 0.422 e. The first-order valence-electron chi connectivity index (χ1n) is 9.32. The van der Waals surface area contributed by atoms with Gasteiger partial charge in [0.25, 0.3) is 0 Å². The van der Waals surface area contributed by atoms with Crippen molar-refractivity contribution in [3.63, 3.8) is 0 Å². The van der Waals surface area contributed by atoms with Gasteiger partial charge in [-0.25, -0.2) is 9.18 Å². The summed E-state index contributed by atoms with van der Waals surface area (Å²) in [6.45, 7) is 4.99. The van der Waals surface area contributed by atoms with Crippen LogP contribution in [0, 0.1) is 11.7 Å². The first-order chi connectivity index (χ1) is 13.9. The topological polar surface area (TPSA) is 99.2 Å². The van der Waals surface area contributed by atoms with E-state index in [0.29, 0.717) is 0 Å². The van der Waals surface area contributed by atoms with Gasteiger partial charge in [0.05, 0.1) is 12.0 Å². The van der Waals surface area contributed by atoms with E-state index in [1.54, 1.807) is 20.8 Å². The molecule has 2 N–H and O–H groups in total. The van der Waals surface area contributed by atoms with Gasteiger partial charge in [-0.1, -0.05) is 29.8 Å². The molecule has 1 saturated heterocycles. The monoisotopic (exact) mass is 439 g/mol. The average Bonchev–Trinajstić information content (AvgIpc) is 2.84. The van der Waals surface area contributed by atoms with Gasteiger partial charge in [0.1, 0.15) is 23.6 Å². The zero-order valence-electron chi connectivity index (χ0n) is 16.9. The molecule has 0 radical (unpaired) electrons. The number of halogens is 2. The summed E-state index contributed by atoms with van der Waals surface area (Å²) >= 11 is 6.09. The van der Waals surface area contributed by atoms with Gasteiger partial charge in [0.2, 0.25) is 11.8 Å². The number of ether oxygens (including phenoxy) is 1. The normalized spacial score (nSPS) is 25.3. The molecule has 0 saturated carbocycles. The molecule has 0 aromatic heterocycles. The second-order valence-electron chi connectivity index (χ2n) is 8.18. The van der Waals surface area contributed by atoms with Crippen molar-refractivity contribution in [2.45, 2.75) is 44.6 Å². The molecule has 1 aromatic rings. The van der Waals surface area contributed by atoms with E-state index >= 15 is 0 Å². The number of hydrogen-bond donors (Lipinski definition) is 2. The number of nitrogens with zero attached hydrogens (tertiary/aromatic N) is 2. The summed E-state index contributed by atoms with van der Waals surface area (Å²) in [7, 11) is 1.33. The quantitative estimate of drug-likeness (QED) is 0.553. The Bertz CT molecular complexity index is 896. The van der Waals surface area contributed by atoms with Gasteiger partial charge >= 0.3 is 6.09 Å². The van der Waals surface area contributed by atoms with Crippen LogP contribution < -0.4 is 5.43 Å². The summed E-state index contributed by atoms with van der Waals surface area (Å²) < 4.78 is 19.7. The third-order valence-corrected chi connectivity index (χ3v) is 5.24. The SMILES string of the molecule is CN1C(=O)C2C=CC(C(O)c3c(F)cccc3Cl)N(NC(=O)OC(C)(C)C)C2C1=O. The molecular weight excluding hydrogens is 417 g/mol. The van der Waals surface area contributed by atoms with Crippen LogP contribution in [0.4, 0.5) is 9.18 Å². The molecule has 162 valence electrons. The van der Waals surface area contributed by atoms with Crippen LogP contribution in [0.5, 0.6) is 0 Å². The van der Waals surface area contributed by atoms with Crippen molar-refractivity contribution in [3.8, 4) is 0 Å². The van der Waals surface area contributed by atoms with E-state index in [9.17, 15) is 23.9 Å². The predicted molar refractivity (Wildman–Crippen MR) is 106 cm³/mol. The molecule has 0 aliphatic carbocycles. The molecular formula is C20H23ClFN3O5. The summed E-state index contributed by atoms with van der Waals surface area (Å²) in [6, 6.07) is 1.75. The summed E-state index contributed by atoms with van der Waals surface area (Å²) in [5, 5.41) is 12.1. The lowest BCUT2D eigenvalue weighted by Gasteiger charge is -2.40. The van der Waals surface area contributed by atoms with Crippen molar-refractivity contribution < 1.29 is 28.6 Å². The van der Waals surface area contributed by atoms with E-state index in [2.05, 4.69) is 5.43 Å². The lowest BCUT2D eigenvalue weighted by Crippen LogP contribution is -2.61. The van der Waals surface area contributed by atoms with E-state index in [-0.39, 0.29) is 10.6 Å². The Balaban J connectivity index is 2.01. The minimum atomic E-state index is -1.54. The molecule has 4 atom stereocenters. The number of likely N-dealkylation sites (tertiary alicyclic amines) is 1. The Kier molecular flexibility index (Phi) is 5.90. The first kappa shape index (κ1) is 22.2. The molecule has 30 heavy (non-hydrogen) atoms. The van der Waals surface area contributed by atoms with Crippen LogP contribution >= 0.6 is 11.6 Å². The summed E-state index contributed by atoms with van der Waals surface area (Å²) in [4.78, 5) is 38.5. The zero-order chi connectivity index (χ0) is 22.4. The number of amides is 3. The second-order valence-corrected chi connectivity index (χ2v) is 8.59. The molecule has 3 rings (SSSR count). The number of likely N-dealkylation sites (N-methyl/N-ethyl adjacent to an activating group) is 1. The summed E-state index contributed by atoms with van der Waals surface area (Å²) in [5.74, 6) is -2.62. The van der Waals surface area contributed by atoms with Crippen LogP contribution in [0.2, 0.25) is 5.02 Å². The highest BCUT2D eigenvalue weighted by Crippen LogP contribution is 2.37. The van der Waals surface area contributed by atoms with Gasteiger partial charge in [-0.05, 0) is 32.9 Å². The molecule has 3 amide bonds. The highest BCUT2D eigenvalue weighted by Gasteiger charge is 2.53. The number of nitrogens with one attached hydrogen (secondary N) is 1. The van der Waals surface area contributed by atoms with E-state index in [1.807, 2.05) is 0 Å². The maximum atomic E-state index is 14.4. The Labute approximate surface area is 178 Å². The van der Waals surface area contributed by atoms with E-state index in [1.165, 1.54) is 31.3 Å². The van der Waals surface area contributed by atoms with Crippen LogP contribution in [0.15, 0.2) is 30.4 Å². The number of carbonyl (C=O) groups excluding carboxylic acids is 3. The number of aliphatic hydroxyl groups excluding tert-OH is 1. The molecule has 8 nitrogen and oxygen atoms in total. The largest absolute Gasteiger partial charge is 0.443 e. The van der Waals surface area contributed by atoms with E-state index in [0.717, 1.165) is 16.0 Å². The lowest BCUT2D eigenvalue weighted by molar-refractivity contribution is -0.139. The van der Waals surface area contributed by atoms with Crippen molar-refractivity contribution >= 4 is 29.5 Å². The number of hydrazine groups is 1. The Hall–Kier alpha value is -2.49. The summed E-state index contributed by atoms with van der Waals surface area (Å²) in [5.41, 5.74) is 1.44. The third kappa shape index (κ3) is 4.05. The molecule has 2 aliphatic rings. The number of fused-ring (bicyclic) bond motifs is 1. The number of aliphatic hydroxyl groups is 1. The van der Waals surface area contributed by atoms with Gasteiger partial charge in [-0.15, -0.1) is 0 Å². The van der Waals surface area contributed by atoms with Crippen molar-refractivity contribution in [1.29, 1.82) is 0 Å². The molecule has 2 aliphatic heterocycles. The van der Waals surface area contributed by atoms with Gasteiger partial charge in [-0.2, -0.15) is 5.01 Å². The van der Waals surface area contributed by atoms with E-state index in [4.69, 9.17) is 16.3 Å². The Morgan fingerprint density at radius 1 is 1.27 bits per heavy atom. The highest BCUT2D eigenvalue weighted by molar-refractivity contribution is 6.31. The number of carbonyl (C=O) groups is 3. The second kappa shape index (κ2) is 7.98. The summed E-state index contributed by atoms with van der Waals surface area (Å²) in [6.07, 6.45) is 0.489. The van der Waals surface area contributed by atoms with Gasteiger partial charge in [-0.3, -0.25) is 19.9 Å². The highest BCUT2D eigenvalue weighted by atomic mass is 35.5. The average molecular weight is 440 g/mol. The molecule has 10 heteroatoms. The van der Waals surface area contributed by atoms with Crippen molar-refractivity contribution in [1.82, 2.24) is 15.3 Å². The fourth-order valence-electron chi connectivity index (χ4n) is 3.58. The van der Waals surface area contributed by atoms with Crippen LogP contribution in [0.1, 0.15) is 32.4 Å². The van der Waals surface area contributed by atoms with Crippen LogP contribution in [-0.2, 0) is 14.3 Å². The Morgan fingerprint density at radius 2 is 1.93 bits per heavy atom. The number of hydrogen-bond acceptors (Lipinski definition) is 6. The van der Waals surface area contributed by atoms with E-state index < -0.39 is 53.4 Å². The van der Waals surface area contributed by atoms with Crippen molar-refractivity contribution in [2.24, 2.45) is 5.92 Å². The molecule has 1 fully saturated rings. The zero-order valence-corrected chi connectivity index (χ0v) is 17.7. The van der Waals surface area contributed by atoms with Crippen LogP contribution in [0.3, 0.4) is 0 Å². The maximum absolute atomic E-state index is 14.4. The van der Waals surface area contributed by atoms with Crippen LogP contribution in [0.25, 0.3) is 0 Å². The third-order valence-electron chi connectivity index (χ3n) is 4.91. The molecule has 0 spiro atoms. The Morgan fingerprint density at radius 3 is 2.53 bits per heavy atom. The molecule has 0 bridgehead atoms. The van der Waals surface area contributed by atoms with Crippen molar-refractivity contribution in [2.75, 3.05) is 7.05 Å². The first-order valence-corrected chi connectivity index (χ1v) is 9.70. The number of benzene rings is 1. The fourth-order valence-corrected chi connectivity index (χ4v) is 3.86. The lowest BCUT2D eigenvalue weighted by atomic mass is 9.90. The molecule has 1 aromatic carbocycles. The molecule has 2 heterocycles. The van der Waals surface area contributed by atoms with Crippen molar-refractivity contribution in [3.05, 3.63) is 46.8 Å². The maximum Gasteiger partial charge on any atom is 0.422 e. The standard InChI is InChI=1S/C20H23ClFN3O5/c1-20(2,3)30-19(29)23-25-13(16(26)14-11(21)6-5-7-12(14)22)9-8-10-15(25)18(28)24(4)17(10)27/h5-10,13,15-16,26H,1-4H3,(H,23,29). The minimum absolute atomic E-state index is 0.0128.